The van der Waals surface area contributed by atoms with Crippen LogP contribution in [-0.4, -0.2) is 67.5 Å². The normalized spacial score (nSPS) is 26.2. The zero-order valence-corrected chi connectivity index (χ0v) is 20.7. The molecule has 4 rings (SSSR count). The molecule has 0 unspecified atom stereocenters. The second-order valence-corrected chi connectivity index (χ2v) is 11.7. The Balaban J connectivity index is 1.73. The van der Waals surface area contributed by atoms with E-state index in [-0.39, 0.29) is 41.9 Å². The highest BCUT2D eigenvalue weighted by molar-refractivity contribution is 7.89. The van der Waals surface area contributed by atoms with Gasteiger partial charge in [-0.1, -0.05) is 19.1 Å². The summed E-state index contributed by atoms with van der Waals surface area (Å²) in [5.41, 5.74) is 2.21. The minimum absolute atomic E-state index is 0.113. The van der Waals surface area contributed by atoms with E-state index >= 15 is 0 Å². The van der Waals surface area contributed by atoms with Gasteiger partial charge in [0.05, 0.1) is 13.2 Å². The zero-order valence-electron chi connectivity index (χ0n) is 19.9. The number of fused-ring (bicyclic) bond motifs is 1. The van der Waals surface area contributed by atoms with Gasteiger partial charge in [-0.25, -0.2) is 8.42 Å². The largest absolute Gasteiger partial charge is 0.487 e. The highest BCUT2D eigenvalue weighted by Gasteiger charge is 2.39. The van der Waals surface area contributed by atoms with Crippen molar-refractivity contribution in [2.24, 2.45) is 11.8 Å². The second kappa shape index (κ2) is 9.76. The summed E-state index contributed by atoms with van der Waals surface area (Å²) in [6, 6.07) is 4.79. The molecule has 0 saturated heterocycles. The number of carbonyl (C=O) groups excluding carboxylic acids is 1. The fourth-order valence-corrected chi connectivity index (χ4v) is 6.57. The third-order valence-corrected chi connectivity index (χ3v) is 9.11. The predicted molar refractivity (Wildman–Crippen MR) is 127 cm³/mol. The lowest BCUT2D eigenvalue weighted by Gasteiger charge is -2.37. The molecule has 1 aromatic rings. The van der Waals surface area contributed by atoms with E-state index in [0.717, 1.165) is 37.7 Å². The van der Waals surface area contributed by atoms with Crippen LogP contribution in [0.3, 0.4) is 0 Å². The number of sulfonamides is 1. The van der Waals surface area contributed by atoms with Crippen LogP contribution in [0.4, 0.5) is 0 Å². The van der Waals surface area contributed by atoms with Crippen LogP contribution in [0.15, 0.2) is 29.2 Å². The summed E-state index contributed by atoms with van der Waals surface area (Å²) in [4.78, 5) is 14.4. The van der Waals surface area contributed by atoms with E-state index < -0.39 is 16.1 Å². The van der Waals surface area contributed by atoms with E-state index in [4.69, 9.17) is 4.74 Å². The topological polar surface area (TPSA) is 87.2 Å². The highest BCUT2D eigenvalue weighted by Crippen LogP contribution is 2.37. The Kier molecular flexibility index (Phi) is 7.17. The van der Waals surface area contributed by atoms with Gasteiger partial charge in [-0.2, -0.15) is 4.31 Å². The molecule has 3 aliphatic rings. The molecule has 7 nitrogen and oxygen atoms in total. The van der Waals surface area contributed by atoms with E-state index in [0.29, 0.717) is 12.3 Å². The van der Waals surface area contributed by atoms with Crippen LogP contribution in [0.25, 0.3) is 5.57 Å². The molecule has 2 aliphatic carbocycles. The Hall–Kier alpha value is -1.90. The number of aliphatic hydroxyl groups excluding tert-OH is 1. The number of amides is 1. The number of aliphatic hydroxyl groups is 1. The summed E-state index contributed by atoms with van der Waals surface area (Å²) in [5, 5.41) is 9.78. The first kappa shape index (κ1) is 24.2. The summed E-state index contributed by atoms with van der Waals surface area (Å²) >= 11 is 0. The van der Waals surface area contributed by atoms with Crippen molar-refractivity contribution in [1.82, 2.24) is 9.21 Å². The standard InChI is InChI=1S/C25H36N2O5S/c1-17-14-27(18(2)16-28)33(30,31)24-12-11-21(19-7-5-4-6-8-19)13-22(24)32-23(17)15-26(3)25(29)20-9-10-20/h7,11-13,17-18,20,23,28H,4-6,8-10,14-16H2,1-3H3/t17-,18+,23+/m1/s1. The lowest BCUT2D eigenvalue weighted by molar-refractivity contribution is -0.132. The predicted octanol–water partition coefficient (Wildman–Crippen LogP) is 3.28. The first-order chi connectivity index (χ1) is 15.7. The van der Waals surface area contributed by atoms with Crippen LogP contribution in [-0.2, 0) is 14.8 Å². The van der Waals surface area contributed by atoms with Crippen LogP contribution in [0.5, 0.6) is 5.75 Å². The molecular formula is C25H36N2O5S. The third kappa shape index (κ3) is 5.12. The van der Waals surface area contributed by atoms with Gasteiger partial charge >= 0.3 is 0 Å². The van der Waals surface area contributed by atoms with Crippen molar-refractivity contribution >= 4 is 21.5 Å². The number of allylic oxidation sites excluding steroid dienone is 2. The molecule has 1 aliphatic heterocycles. The maximum absolute atomic E-state index is 13.6. The highest BCUT2D eigenvalue weighted by atomic mass is 32.2. The molecule has 1 heterocycles. The Bertz CT molecular complexity index is 1020. The molecule has 1 saturated carbocycles. The summed E-state index contributed by atoms with van der Waals surface area (Å²) in [6.07, 6.45) is 8.03. The minimum Gasteiger partial charge on any atom is -0.487 e. The van der Waals surface area contributed by atoms with Gasteiger partial charge in [0.15, 0.2) is 0 Å². The lowest BCUT2D eigenvalue weighted by Crippen LogP contribution is -2.50. The molecule has 1 N–H and O–H groups in total. The molecule has 0 spiro atoms. The van der Waals surface area contributed by atoms with Crippen LogP contribution < -0.4 is 4.74 Å². The van der Waals surface area contributed by atoms with Crippen LogP contribution in [0.2, 0.25) is 0 Å². The van der Waals surface area contributed by atoms with Gasteiger partial charge < -0.3 is 14.7 Å². The van der Waals surface area contributed by atoms with Crippen molar-refractivity contribution in [2.45, 2.75) is 69.4 Å². The Morgan fingerprint density at radius 3 is 2.70 bits per heavy atom. The molecule has 0 radical (unpaired) electrons. The lowest BCUT2D eigenvalue weighted by atomic mass is 9.93. The number of carbonyl (C=O) groups is 1. The number of hydrogen-bond acceptors (Lipinski definition) is 5. The smallest absolute Gasteiger partial charge is 0.247 e. The molecule has 33 heavy (non-hydrogen) atoms. The van der Waals surface area contributed by atoms with Crippen molar-refractivity contribution in [3.05, 3.63) is 29.8 Å². The van der Waals surface area contributed by atoms with Crippen LogP contribution in [0, 0.1) is 11.8 Å². The van der Waals surface area contributed by atoms with E-state index in [1.54, 1.807) is 24.9 Å². The fourth-order valence-electron chi connectivity index (χ4n) is 4.75. The number of ether oxygens (including phenoxy) is 1. The van der Waals surface area contributed by atoms with Gasteiger partial charge in [0.1, 0.15) is 16.7 Å². The molecule has 3 atom stereocenters. The van der Waals surface area contributed by atoms with Crippen molar-refractivity contribution in [3.8, 4) is 5.75 Å². The zero-order chi connectivity index (χ0) is 23.8. The quantitative estimate of drug-likeness (QED) is 0.681. The van der Waals surface area contributed by atoms with Crippen molar-refractivity contribution in [1.29, 1.82) is 0 Å². The number of rotatable bonds is 6. The number of hydrogen-bond donors (Lipinski definition) is 1. The maximum atomic E-state index is 13.6. The van der Waals surface area contributed by atoms with Crippen molar-refractivity contribution in [2.75, 3.05) is 26.7 Å². The molecule has 1 aromatic carbocycles. The van der Waals surface area contributed by atoms with Crippen molar-refractivity contribution < 1.29 is 23.1 Å². The molecule has 1 amide bonds. The van der Waals surface area contributed by atoms with E-state index in [9.17, 15) is 18.3 Å². The molecule has 0 aromatic heterocycles. The van der Waals surface area contributed by atoms with Crippen LogP contribution >= 0.6 is 0 Å². The fraction of sp³-hybridized carbons (Fsp3) is 0.640. The van der Waals surface area contributed by atoms with Gasteiger partial charge in [-0.3, -0.25) is 4.79 Å². The van der Waals surface area contributed by atoms with Crippen molar-refractivity contribution in [3.63, 3.8) is 0 Å². The average Bonchev–Trinajstić information content (AvgIpc) is 3.66. The first-order valence-electron chi connectivity index (χ1n) is 12.1. The summed E-state index contributed by atoms with van der Waals surface area (Å²) < 4.78 is 35.0. The maximum Gasteiger partial charge on any atom is 0.247 e. The first-order valence-corrected chi connectivity index (χ1v) is 13.5. The SMILES string of the molecule is C[C@@H]1CN([C@@H](C)CO)S(=O)(=O)c2ccc(C3=CCCCC3)cc2O[C@H]1CN(C)C(=O)C1CC1. The number of benzene rings is 1. The van der Waals surface area contributed by atoms with Gasteiger partial charge in [0, 0.05) is 31.5 Å². The summed E-state index contributed by atoms with van der Waals surface area (Å²) in [5.74, 6) is 0.400. The average molecular weight is 477 g/mol. The number of nitrogens with zero attached hydrogens (tertiary/aromatic N) is 2. The minimum atomic E-state index is -3.86. The second-order valence-electron chi connectivity index (χ2n) is 9.87. The Morgan fingerprint density at radius 1 is 1.30 bits per heavy atom. The molecule has 182 valence electrons. The van der Waals surface area contributed by atoms with Gasteiger partial charge in [-0.15, -0.1) is 0 Å². The van der Waals surface area contributed by atoms with Gasteiger partial charge in [0.2, 0.25) is 15.9 Å². The molecule has 0 bridgehead atoms. The van der Waals surface area contributed by atoms with E-state index in [1.807, 2.05) is 19.1 Å². The Morgan fingerprint density at radius 2 is 2.06 bits per heavy atom. The molecular weight excluding hydrogens is 440 g/mol. The summed E-state index contributed by atoms with van der Waals surface area (Å²) in [7, 11) is -2.06. The van der Waals surface area contributed by atoms with Gasteiger partial charge in [-0.05, 0) is 68.7 Å². The van der Waals surface area contributed by atoms with Gasteiger partial charge in [0.25, 0.3) is 0 Å². The Labute approximate surface area is 197 Å². The van der Waals surface area contributed by atoms with E-state index in [2.05, 4.69) is 6.08 Å². The van der Waals surface area contributed by atoms with E-state index in [1.165, 1.54) is 16.3 Å². The molecule has 8 heteroatoms. The summed E-state index contributed by atoms with van der Waals surface area (Å²) in [6.45, 7) is 4.01. The third-order valence-electron chi connectivity index (χ3n) is 7.09. The molecule has 1 fully saturated rings. The number of likely N-dealkylation sites (N-methyl/N-ethyl adjacent to an activating group) is 1. The van der Waals surface area contributed by atoms with Crippen LogP contribution in [0.1, 0.15) is 57.9 Å². The monoisotopic (exact) mass is 476 g/mol.